The van der Waals surface area contributed by atoms with Crippen molar-refractivity contribution in [3.63, 3.8) is 0 Å². The Balaban J connectivity index is 1.50. The third-order valence-corrected chi connectivity index (χ3v) is 6.32. The van der Waals surface area contributed by atoms with Crippen LogP contribution in [0.2, 0.25) is 0 Å². The van der Waals surface area contributed by atoms with Gasteiger partial charge in [0.2, 0.25) is 5.91 Å². The van der Waals surface area contributed by atoms with Crippen LogP contribution in [-0.4, -0.2) is 23.0 Å². The van der Waals surface area contributed by atoms with E-state index in [9.17, 15) is 4.79 Å². The van der Waals surface area contributed by atoms with Crippen LogP contribution in [0.5, 0.6) is 0 Å². The van der Waals surface area contributed by atoms with Gasteiger partial charge in [0.15, 0.2) is 0 Å². The molecule has 1 aromatic heterocycles. The molecule has 0 aromatic carbocycles. The van der Waals surface area contributed by atoms with E-state index in [0.29, 0.717) is 6.54 Å². The van der Waals surface area contributed by atoms with Crippen molar-refractivity contribution in [3.05, 3.63) is 15.6 Å². The number of hydrogen-bond donors (Lipinski definition) is 2. The number of amides is 1. The first-order valence-corrected chi connectivity index (χ1v) is 9.42. The van der Waals surface area contributed by atoms with Gasteiger partial charge in [0.05, 0.1) is 16.6 Å². The molecular formula is C17H27N3OS. The maximum Gasteiger partial charge on any atom is 0.224 e. The lowest BCUT2D eigenvalue weighted by Crippen LogP contribution is -2.53. The van der Waals surface area contributed by atoms with Gasteiger partial charge < -0.3 is 11.1 Å². The quantitative estimate of drug-likeness (QED) is 0.895. The molecule has 0 saturated heterocycles. The minimum atomic E-state index is -0.345. The van der Waals surface area contributed by atoms with E-state index in [-0.39, 0.29) is 17.4 Å². The summed E-state index contributed by atoms with van der Waals surface area (Å²) in [6, 6.07) is 0. The Kier molecular flexibility index (Phi) is 4.83. The van der Waals surface area contributed by atoms with Crippen molar-refractivity contribution >= 4 is 17.2 Å². The first-order valence-electron chi connectivity index (χ1n) is 8.60. The molecule has 2 unspecified atom stereocenters. The fourth-order valence-electron chi connectivity index (χ4n) is 3.72. The van der Waals surface area contributed by atoms with Crippen LogP contribution in [0.3, 0.4) is 0 Å². The van der Waals surface area contributed by atoms with Gasteiger partial charge in [-0.3, -0.25) is 4.79 Å². The largest absolute Gasteiger partial charge is 0.355 e. The van der Waals surface area contributed by atoms with E-state index in [4.69, 9.17) is 10.7 Å². The van der Waals surface area contributed by atoms with Crippen molar-refractivity contribution < 1.29 is 4.79 Å². The monoisotopic (exact) mass is 321 g/mol. The number of thiazole rings is 1. The van der Waals surface area contributed by atoms with Crippen molar-refractivity contribution in [2.45, 2.75) is 70.3 Å². The highest BCUT2D eigenvalue weighted by Gasteiger charge is 2.37. The fraction of sp³-hybridized carbons (Fsp3) is 0.765. The molecule has 1 fully saturated rings. The van der Waals surface area contributed by atoms with Crippen molar-refractivity contribution in [1.29, 1.82) is 0 Å². The zero-order valence-electron chi connectivity index (χ0n) is 13.5. The molecule has 1 saturated carbocycles. The first kappa shape index (κ1) is 15.9. The van der Waals surface area contributed by atoms with Gasteiger partial charge in [-0.05, 0) is 45.4 Å². The molecule has 5 heteroatoms. The summed E-state index contributed by atoms with van der Waals surface area (Å²) in [5.41, 5.74) is 7.26. The number of rotatable bonds is 4. The average Bonchev–Trinajstić information content (AvgIpc) is 2.89. The summed E-state index contributed by atoms with van der Waals surface area (Å²) in [5, 5.41) is 4.26. The summed E-state index contributed by atoms with van der Waals surface area (Å²) in [4.78, 5) is 18.6. The standard InChI is InChI=1S/C17H27N3OS/c1-17(18)10-5-4-6-12(17)16(21)19-11-9-15-20-13-7-2-3-8-14(13)22-15/h12H,2-11,18H2,1H3,(H,19,21). The number of aryl methyl sites for hydroxylation is 2. The number of hydrogen-bond acceptors (Lipinski definition) is 4. The molecule has 1 heterocycles. The number of fused-ring (bicyclic) bond motifs is 1. The number of nitrogens with zero attached hydrogens (tertiary/aromatic N) is 1. The van der Waals surface area contributed by atoms with Crippen molar-refractivity contribution in [1.82, 2.24) is 10.3 Å². The highest BCUT2D eigenvalue weighted by atomic mass is 32.1. The van der Waals surface area contributed by atoms with Crippen LogP contribution in [0.1, 0.15) is 61.0 Å². The van der Waals surface area contributed by atoms with Gasteiger partial charge in [0.25, 0.3) is 0 Å². The Bertz CT molecular complexity index is 515. The summed E-state index contributed by atoms with van der Waals surface area (Å²) >= 11 is 1.84. The normalized spacial score (nSPS) is 28.2. The van der Waals surface area contributed by atoms with Gasteiger partial charge in [0.1, 0.15) is 0 Å². The molecule has 0 radical (unpaired) electrons. The molecule has 1 amide bonds. The van der Waals surface area contributed by atoms with Gasteiger partial charge in [-0.1, -0.05) is 12.8 Å². The minimum absolute atomic E-state index is 0.0363. The lowest BCUT2D eigenvalue weighted by molar-refractivity contribution is -0.128. The smallest absolute Gasteiger partial charge is 0.224 e. The van der Waals surface area contributed by atoms with Gasteiger partial charge in [-0.2, -0.15) is 0 Å². The first-order chi connectivity index (χ1) is 10.6. The second-order valence-corrected chi connectivity index (χ2v) is 8.20. The third-order valence-electron chi connectivity index (χ3n) is 5.10. The van der Waals surface area contributed by atoms with E-state index in [1.54, 1.807) is 0 Å². The van der Waals surface area contributed by atoms with Crippen molar-refractivity contribution in [3.8, 4) is 0 Å². The van der Waals surface area contributed by atoms with Crippen LogP contribution >= 0.6 is 11.3 Å². The zero-order valence-corrected chi connectivity index (χ0v) is 14.3. The van der Waals surface area contributed by atoms with Crippen LogP contribution in [0.15, 0.2) is 0 Å². The number of carbonyl (C=O) groups excluding carboxylic acids is 1. The molecule has 2 aliphatic carbocycles. The van der Waals surface area contributed by atoms with E-state index in [1.165, 1.54) is 34.8 Å². The van der Waals surface area contributed by atoms with Crippen molar-refractivity contribution in [2.24, 2.45) is 11.7 Å². The summed E-state index contributed by atoms with van der Waals surface area (Å²) in [6.07, 6.45) is 9.85. The summed E-state index contributed by atoms with van der Waals surface area (Å²) < 4.78 is 0. The van der Waals surface area contributed by atoms with Gasteiger partial charge >= 0.3 is 0 Å². The second-order valence-electron chi connectivity index (χ2n) is 7.03. The molecule has 0 aliphatic heterocycles. The zero-order chi connectivity index (χ0) is 15.6. The molecular weight excluding hydrogens is 294 g/mol. The van der Waals surface area contributed by atoms with Crippen molar-refractivity contribution in [2.75, 3.05) is 6.54 Å². The summed E-state index contributed by atoms with van der Waals surface area (Å²) in [5.74, 6) is 0.0942. The Morgan fingerprint density at radius 1 is 1.36 bits per heavy atom. The molecule has 122 valence electrons. The van der Waals surface area contributed by atoms with Gasteiger partial charge in [-0.15, -0.1) is 11.3 Å². The Hall–Kier alpha value is -0.940. The Morgan fingerprint density at radius 2 is 2.18 bits per heavy atom. The Morgan fingerprint density at radius 3 is 2.95 bits per heavy atom. The number of carbonyl (C=O) groups is 1. The average molecular weight is 321 g/mol. The van der Waals surface area contributed by atoms with Crippen LogP contribution < -0.4 is 11.1 Å². The number of nitrogens with two attached hydrogens (primary N) is 1. The lowest BCUT2D eigenvalue weighted by atomic mass is 9.74. The van der Waals surface area contributed by atoms with Crippen LogP contribution in [0.25, 0.3) is 0 Å². The molecule has 3 N–H and O–H groups in total. The molecule has 2 atom stereocenters. The molecule has 4 nitrogen and oxygen atoms in total. The SMILES string of the molecule is CC1(N)CCCCC1C(=O)NCCc1nc2c(s1)CCCC2. The predicted octanol–water partition coefficient (Wildman–Crippen LogP) is 2.59. The highest BCUT2D eigenvalue weighted by Crippen LogP contribution is 2.31. The Labute approximate surface area is 136 Å². The summed E-state index contributed by atoms with van der Waals surface area (Å²) in [7, 11) is 0. The third kappa shape index (κ3) is 3.51. The maximum absolute atomic E-state index is 12.4. The molecule has 2 aliphatic rings. The summed E-state index contributed by atoms with van der Waals surface area (Å²) in [6.45, 7) is 2.70. The van der Waals surface area contributed by atoms with Crippen LogP contribution in [-0.2, 0) is 24.1 Å². The highest BCUT2D eigenvalue weighted by molar-refractivity contribution is 7.11. The number of aromatic nitrogens is 1. The topological polar surface area (TPSA) is 68.0 Å². The van der Waals surface area contributed by atoms with Crippen LogP contribution in [0.4, 0.5) is 0 Å². The van der Waals surface area contributed by atoms with E-state index >= 15 is 0 Å². The molecule has 0 bridgehead atoms. The molecule has 1 aromatic rings. The van der Waals surface area contributed by atoms with Gasteiger partial charge in [0, 0.05) is 23.4 Å². The molecule has 0 spiro atoms. The number of nitrogens with one attached hydrogen (secondary N) is 1. The minimum Gasteiger partial charge on any atom is -0.355 e. The second kappa shape index (κ2) is 6.67. The fourth-order valence-corrected chi connectivity index (χ4v) is 4.87. The molecule has 3 rings (SSSR count). The maximum atomic E-state index is 12.4. The molecule has 22 heavy (non-hydrogen) atoms. The van der Waals surface area contributed by atoms with E-state index in [0.717, 1.165) is 38.5 Å². The van der Waals surface area contributed by atoms with Crippen LogP contribution in [0, 0.1) is 5.92 Å². The van der Waals surface area contributed by atoms with Gasteiger partial charge in [-0.25, -0.2) is 4.98 Å². The van der Waals surface area contributed by atoms with E-state index < -0.39 is 0 Å². The lowest BCUT2D eigenvalue weighted by Gasteiger charge is -2.37. The predicted molar refractivity (Wildman–Crippen MR) is 90.0 cm³/mol. The van der Waals surface area contributed by atoms with E-state index in [1.807, 2.05) is 18.3 Å². The van der Waals surface area contributed by atoms with E-state index in [2.05, 4.69) is 5.32 Å².